The molecule has 1 unspecified atom stereocenters. The first-order valence-electron chi connectivity index (χ1n) is 7.14. The van der Waals surface area contributed by atoms with E-state index >= 15 is 0 Å². The Kier molecular flexibility index (Phi) is 4.69. The van der Waals surface area contributed by atoms with E-state index < -0.39 is 12.0 Å². The summed E-state index contributed by atoms with van der Waals surface area (Å²) in [6.07, 6.45) is 1.91. The lowest BCUT2D eigenvalue weighted by molar-refractivity contribution is -0.0497. The zero-order valence-corrected chi connectivity index (χ0v) is 14.7. The number of nitrogens with one attached hydrogen (secondary N) is 1. The largest absolute Gasteiger partial charge is 0.433 e. The van der Waals surface area contributed by atoms with E-state index in [9.17, 15) is 8.78 Å². The summed E-state index contributed by atoms with van der Waals surface area (Å²) in [4.78, 5) is 0. The third-order valence-corrected chi connectivity index (χ3v) is 4.76. The molecule has 3 nitrogen and oxygen atoms in total. The molecule has 126 valence electrons. The van der Waals surface area contributed by atoms with Crippen molar-refractivity contribution in [2.45, 2.75) is 12.0 Å². The van der Waals surface area contributed by atoms with Gasteiger partial charge in [-0.2, -0.15) is 8.78 Å². The molecule has 0 amide bonds. The number of halogens is 4. The average molecular weight is 416 g/mol. The zero-order valence-electron chi connectivity index (χ0n) is 12.4. The van der Waals surface area contributed by atoms with E-state index in [0.717, 1.165) is 15.6 Å². The highest BCUT2D eigenvalue weighted by Gasteiger charge is 2.37. The predicted octanol–water partition coefficient (Wildman–Crippen LogP) is 4.39. The first-order valence-corrected chi connectivity index (χ1v) is 8.31. The van der Waals surface area contributed by atoms with E-state index in [1.165, 1.54) is 6.07 Å². The number of benzene rings is 2. The second kappa shape index (κ2) is 6.61. The third-order valence-electron chi connectivity index (χ3n) is 3.98. The molecule has 7 heteroatoms. The third kappa shape index (κ3) is 3.21. The van der Waals surface area contributed by atoms with Crippen molar-refractivity contribution in [2.24, 2.45) is 5.73 Å². The summed E-state index contributed by atoms with van der Waals surface area (Å²) < 4.78 is 30.2. The topological polar surface area (TPSA) is 47.3 Å². The van der Waals surface area contributed by atoms with Crippen LogP contribution in [0.4, 0.5) is 8.78 Å². The Morgan fingerprint density at radius 3 is 2.54 bits per heavy atom. The van der Waals surface area contributed by atoms with E-state index in [2.05, 4.69) is 26.0 Å². The molecule has 1 aliphatic rings. The van der Waals surface area contributed by atoms with Gasteiger partial charge in [-0.25, -0.2) is 0 Å². The minimum atomic E-state index is -2.92. The number of hydrogen-bond donors (Lipinski definition) is 2. The average Bonchev–Trinajstić information content (AvgIpc) is 2.92. The molecule has 0 aromatic heterocycles. The van der Waals surface area contributed by atoms with Gasteiger partial charge in [0.15, 0.2) is 0 Å². The highest BCUT2D eigenvalue weighted by atomic mass is 79.9. The van der Waals surface area contributed by atoms with E-state index in [-0.39, 0.29) is 10.8 Å². The van der Waals surface area contributed by atoms with E-state index in [1.54, 1.807) is 12.1 Å². The Hall–Kier alpha value is -1.79. The molecule has 0 bridgehead atoms. The van der Waals surface area contributed by atoms with Gasteiger partial charge >= 0.3 is 6.61 Å². The molecule has 0 saturated carbocycles. The van der Waals surface area contributed by atoms with Crippen molar-refractivity contribution in [1.82, 2.24) is 5.32 Å². The van der Waals surface area contributed by atoms with Crippen LogP contribution in [0, 0.1) is 0 Å². The van der Waals surface area contributed by atoms with Gasteiger partial charge in [-0.1, -0.05) is 45.7 Å². The molecule has 0 saturated heterocycles. The van der Waals surface area contributed by atoms with Crippen LogP contribution in [0.5, 0.6) is 5.75 Å². The summed E-state index contributed by atoms with van der Waals surface area (Å²) in [5.74, 6) is 0.502. The fourth-order valence-corrected chi connectivity index (χ4v) is 3.51. The molecule has 2 aromatic rings. The normalized spacial score (nSPS) is 20.0. The molecule has 2 aromatic carbocycles. The highest BCUT2D eigenvalue weighted by molar-refractivity contribution is 9.10. The summed E-state index contributed by atoms with van der Waals surface area (Å²) in [5.41, 5.74) is 7.23. The standard InChI is InChI=1S/C17H14BrClF2N2O/c18-12-3-1-2-10(6-12)17(8-15(22)23-9-17)11-4-5-14(13(19)7-11)24-16(20)21/h1-8,16,23H,9,22H2. The van der Waals surface area contributed by atoms with Gasteiger partial charge in [-0.15, -0.1) is 0 Å². The van der Waals surface area contributed by atoms with Crippen molar-refractivity contribution in [1.29, 1.82) is 0 Å². The molecule has 0 aliphatic carbocycles. The second-order valence-electron chi connectivity index (χ2n) is 5.46. The molecule has 0 fully saturated rings. The van der Waals surface area contributed by atoms with Crippen molar-refractivity contribution in [2.75, 3.05) is 6.54 Å². The van der Waals surface area contributed by atoms with Crippen molar-refractivity contribution < 1.29 is 13.5 Å². The molecule has 1 heterocycles. The molecule has 1 atom stereocenters. The van der Waals surface area contributed by atoms with Gasteiger partial charge in [0.05, 0.1) is 16.3 Å². The SMILES string of the molecule is NC1=CC(c2cccc(Br)c2)(c2ccc(OC(F)F)c(Cl)c2)CN1. The van der Waals surface area contributed by atoms with E-state index in [4.69, 9.17) is 17.3 Å². The zero-order chi connectivity index (χ0) is 17.3. The first-order chi connectivity index (χ1) is 11.4. The number of rotatable bonds is 4. The number of hydrogen-bond acceptors (Lipinski definition) is 3. The molecule has 1 aliphatic heterocycles. The highest BCUT2D eigenvalue weighted by Crippen LogP contribution is 2.40. The van der Waals surface area contributed by atoms with E-state index in [1.807, 2.05) is 30.3 Å². The lowest BCUT2D eigenvalue weighted by atomic mass is 9.75. The Labute approximate surface area is 151 Å². The summed E-state index contributed by atoms with van der Waals surface area (Å²) >= 11 is 9.60. The number of ether oxygens (including phenoxy) is 1. The van der Waals surface area contributed by atoms with Gasteiger partial charge in [-0.3, -0.25) is 0 Å². The van der Waals surface area contributed by atoms with Gasteiger partial charge in [0.1, 0.15) is 5.75 Å². The Bertz CT molecular complexity index is 800. The fraction of sp³-hybridized carbons (Fsp3) is 0.176. The molecule has 0 radical (unpaired) electrons. The first kappa shape index (κ1) is 17.0. The summed E-state index contributed by atoms with van der Waals surface area (Å²) in [6, 6.07) is 12.6. The van der Waals surface area contributed by atoms with Crippen LogP contribution in [-0.4, -0.2) is 13.2 Å². The van der Waals surface area contributed by atoms with Gasteiger partial charge in [-0.05, 0) is 41.5 Å². The van der Waals surface area contributed by atoms with E-state index in [0.29, 0.717) is 12.4 Å². The number of alkyl halides is 2. The Morgan fingerprint density at radius 2 is 1.96 bits per heavy atom. The van der Waals surface area contributed by atoms with Gasteiger partial charge in [0.25, 0.3) is 0 Å². The molecule has 0 spiro atoms. The number of nitrogens with two attached hydrogens (primary N) is 1. The smallest absolute Gasteiger partial charge is 0.387 e. The fourth-order valence-electron chi connectivity index (χ4n) is 2.88. The van der Waals surface area contributed by atoms with Crippen LogP contribution >= 0.6 is 27.5 Å². The van der Waals surface area contributed by atoms with Crippen LogP contribution in [0.25, 0.3) is 0 Å². The predicted molar refractivity (Wildman–Crippen MR) is 93.3 cm³/mol. The van der Waals surface area contributed by atoms with Crippen molar-refractivity contribution in [3.63, 3.8) is 0 Å². The molecule has 24 heavy (non-hydrogen) atoms. The summed E-state index contributed by atoms with van der Waals surface area (Å²) in [6.45, 7) is -2.38. The molecular weight excluding hydrogens is 402 g/mol. The van der Waals surface area contributed by atoms with Crippen LogP contribution in [0.3, 0.4) is 0 Å². The molecule has 3 rings (SSSR count). The van der Waals surface area contributed by atoms with Crippen LogP contribution in [0.1, 0.15) is 11.1 Å². The van der Waals surface area contributed by atoms with Crippen LogP contribution in [0.15, 0.2) is 58.8 Å². The quantitative estimate of drug-likeness (QED) is 0.778. The minimum absolute atomic E-state index is 0.0530. The van der Waals surface area contributed by atoms with Gasteiger partial charge < -0.3 is 15.8 Å². The van der Waals surface area contributed by atoms with Gasteiger partial charge in [0.2, 0.25) is 0 Å². The van der Waals surface area contributed by atoms with Crippen molar-refractivity contribution >= 4 is 27.5 Å². The summed E-state index contributed by atoms with van der Waals surface area (Å²) in [5, 5.41) is 3.25. The molecule has 3 N–H and O–H groups in total. The maximum absolute atomic E-state index is 12.4. The Morgan fingerprint density at radius 1 is 1.21 bits per heavy atom. The van der Waals surface area contributed by atoms with Crippen LogP contribution in [0.2, 0.25) is 5.02 Å². The minimum Gasteiger partial charge on any atom is -0.433 e. The van der Waals surface area contributed by atoms with Gasteiger partial charge in [0, 0.05) is 11.0 Å². The maximum atomic E-state index is 12.4. The lowest BCUT2D eigenvalue weighted by Gasteiger charge is -2.28. The Balaban J connectivity index is 2.10. The monoisotopic (exact) mass is 414 g/mol. The van der Waals surface area contributed by atoms with Crippen molar-refractivity contribution in [3.8, 4) is 5.75 Å². The summed E-state index contributed by atoms with van der Waals surface area (Å²) in [7, 11) is 0. The van der Waals surface area contributed by atoms with Crippen LogP contribution < -0.4 is 15.8 Å². The lowest BCUT2D eigenvalue weighted by Crippen LogP contribution is -2.31. The van der Waals surface area contributed by atoms with Crippen LogP contribution in [-0.2, 0) is 5.41 Å². The second-order valence-corrected chi connectivity index (χ2v) is 6.78. The molecular formula is C17H14BrClF2N2O. The van der Waals surface area contributed by atoms with Crippen molar-refractivity contribution in [3.05, 3.63) is 75.0 Å². The maximum Gasteiger partial charge on any atom is 0.387 e.